The van der Waals surface area contributed by atoms with E-state index >= 15 is 0 Å². The van der Waals surface area contributed by atoms with Gasteiger partial charge in [0.2, 0.25) is 0 Å². The fraction of sp³-hybridized carbons (Fsp3) is 0.909. The Labute approximate surface area is 83.8 Å². The molecular weight excluding hydrogens is 180 g/mol. The van der Waals surface area contributed by atoms with Crippen molar-refractivity contribution in [2.24, 2.45) is 11.8 Å². The molecule has 1 saturated heterocycles. The van der Waals surface area contributed by atoms with Crippen LogP contribution in [0.3, 0.4) is 0 Å². The Hall–Kier alpha value is -0.410. The molecular formula is C11H16O3. The van der Waals surface area contributed by atoms with Gasteiger partial charge in [-0.2, -0.15) is 0 Å². The first-order chi connectivity index (χ1) is 6.82. The van der Waals surface area contributed by atoms with Gasteiger partial charge in [-0.25, -0.2) is 0 Å². The number of hydrogen-bond acceptors (Lipinski definition) is 3. The molecule has 3 rings (SSSR count). The third-order valence-electron chi connectivity index (χ3n) is 3.93. The summed E-state index contributed by atoms with van der Waals surface area (Å²) in [5, 5.41) is 0. The summed E-state index contributed by atoms with van der Waals surface area (Å²) in [6.45, 7) is 1.33. The summed E-state index contributed by atoms with van der Waals surface area (Å²) in [7, 11) is 0. The first-order valence-corrected chi connectivity index (χ1v) is 5.62. The summed E-state index contributed by atoms with van der Waals surface area (Å²) in [5.74, 6) is 0.469. The average molecular weight is 196 g/mol. The molecule has 3 nitrogen and oxygen atoms in total. The Balaban J connectivity index is 1.90. The zero-order chi connectivity index (χ0) is 9.60. The molecule has 0 aromatic rings. The highest BCUT2D eigenvalue weighted by molar-refractivity contribution is 5.83. The highest BCUT2D eigenvalue weighted by Gasteiger charge is 2.56. The molecule has 78 valence electrons. The van der Waals surface area contributed by atoms with E-state index in [2.05, 4.69) is 0 Å². The van der Waals surface area contributed by atoms with Crippen molar-refractivity contribution in [1.82, 2.24) is 0 Å². The number of fused-ring (bicyclic) bond motifs is 2. The number of rotatable bonds is 0. The minimum absolute atomic E-state index is 0.0544. The minimum Gasteiger partial charge on any atom is -0.347 e. The lowest BCUT2D eigenvalue weighted by Gasteiger charge is -2.33. The Morgan fingerprint density at radius 2 is 2.00 bits per heavy atom. The number of ketones is 1. The molecule has 2 saturated carbocycles. The first kappa shape index (κ1) is 8.86. The fourth-order valence-electron chi connectivity index (χ4n) is 3.38. The van der Waals surface area contributed by atoms with Gasteiger partial charge in [0.05, 0.1) is 19.1 Å². The lowest BCUT2D eigenvalue weighted by molar-refractivity contribution is -0.191. The summed E-state index contributed by atoms with van der Waals surface area (Å²) in [5.41, 5.74) is 0. The van der Waals surface area contributed by atoms with Crippen LogP contribution >= 0.6 is 0 Å². The van der Waals surface area contributed by atoms with Gasteiger partial charge >= 0.3 is 0 Å². The van der Waals surface area contributed by atoms with Crippen molar-refractivity contribution in [3.05, 3.63) is 0 Å². The van der Waals surface area contributed by atoms with E-state index in [4.69, 9.17) is 9.47 Å². The number of Topliss-reactive ketones (excluding diaryl/α,β-unsaturated/α-hetero) is 1. The Bertz CT molecular complexity index is 255. The molecule has 0 aromatic heterocycles. The summed E-state index contributed by atoms with van der Waals surface area (Å²) in [6, 6.07) is 0. The van der Waals surface area contributed by atoms with Crippen LogP contribution in [0.1, 0.15) is 32.1 Å². The zero-order valence-electron chi connectivity index (χ0n) is 8.33. The second kappa shape index (κ2) is 3.04. The molecule has 1 spiro atoms. The van der Waals surface area contributed by atoms with Crippen molar-refractivity contribution < 1.29 is 14.3 Å². The normalized spacial score (nSPS) is 40.4. The van der Waals surface area contributed by atoms with Crippen LogP contribution in [0.4, 0.5) is 0 Å². The standard InChI is InChI=1S/C11H16O3/c12-9-3-1-2-8-4-5-11(10(8)9)13-6-7-14-11/h8,10H,1-7H2/t8-,10-/m0/s1. The Kier molecular flexibility index (Phi) is 1.92. The largest absolute Gasteiger partial charge is 0.347 e. The molecule has 14 heavy (non-hydrogen) atoms. The molecule has 0 radical (unpaired) electrons. The van der Waals surface area contributed by atoms with Gasteiger partial charge in [0.1, 0.15) is 5.78 Å². The first-order valence-electron chi connectivity index (χ1n) is 5.62. The van der Waals surface area contributed by atoms with Crippen LogP contribution in [0.2, 0.25) is 0 Å². The molecule has 1 aliphatic heterocycles. The summed E-state index contributed by atoms with van der Waals surface area (Å²) >= 11 is 0. The smallest absolute Gasteiger partial charge is 0.178 e. The van der Waals surface area contributed by atoms with Gasteiger partial charge < -0.3 is 9.47 Å². The molecule has 0 N–H and O–H groups in total. The van der Waals surface area contributed by atoms with Crippen molar-refractivity contribution in [3.8, 4) is 0 Å². The van der Waals surface area contributed by atoms with Gasteiger partial charge in [-0.1, -0.05) is 0 Å². The van der Waals surface area contributed by atoms with Crippen molar-refractivity contribution in [2.75, 3.05) is 13.2 Å². The van der Waals surface area contributed by atoms with Gasteiger partial charge in [0.25, 0.3) is 0 Å². The Morgan fingerprint density at radius 1 is 1.21 bits per heavy atom. The number of carbonyl (C=O) groups excluding carboxylic acids is 1. The molecule has 1 heterocycles. The predicted molar refractivity (Wildman–Crippen MR) is 49.7 cm³/mol. The number of hydrogen-bond donors (Lipinski definition) is 0. The maximum absolute atomic E-state index is 11.9. The van der Waals surface area contributed by atoms with E-state index in [-0.39, 0.29) is 5.92 Å². The minimum atomic E-state index is -0.498. The molecule has 2 aliphatic carbocycles. The van der Waals surface area contributed by atoms with E-state index in [0.29, 0.717) is 24.9 Å². The van der Waals surface area contributed by atoms with Crippen LogP contribution in [-0.4, -0.2) is 24.8 Å². The third kappa shape index (κ3) is 1.09. The molecule has 3 aliphatic rings. The average Bonchev–Trinajstić information content (AvgIpc) is 2.77. The van der Waals surface area contributed by atoms with E-state index in [9.17, 15) is 4.79 Å². The summed E-state index contributed by atoms with van der Waals surface area (Å²) in [4.78, 5) is 11.9. The van der Waals surface area contributed by atoms with Crippen LogP contribution in [0.5, 0.6) is 0 Å². The Morgan fingerprint density at radius 3 is 2.79 bits per heavy atom. The van der Waals surface area contributed by atoms with Gasteiger partial charge in [0, 0.05) is 12.8 Å². The van der Waals surface area contributed by atoms with E-state index in [1.807, 2.05) is 0 Å². The van der Waals surface area contributed by atoms with Gasteiger partial charge in [-0.3, -0.25) is 4.79 Å². The highest BCUT2D eigenvalue weighted by Crippen LogP contribution is 2.50. The maximum atomic E-state index is 11.9. The molecule has 3 fully saturated rings. The fourth-order valence-corrected chi connectivity index (χ4v) is 3.38. The van der Waals surface area contributed by atoms with Crippen molar-refractivity contribution in [3.63, 3.8) is 0 Å². The molecule has 0 unspecified atom stereocenters. The van der Waals surface area contributed by atoms with Crippen molar-refractivity contribution in [2.45, 2.75) is 37.9 Å². The van der Waals surface area contributed by atoms with Crippen LogP contribution in [-0.2, 0) is 14.3 Å². The second-order valence-electron chi connectivity index (χ2n) is 4.64. The third-order valence-corrected chi connectivity index (χ3v) is 3.93. The van der Waals surface area contributed by atoms with Crippen LogP contribution in [0, 0.1) is 11.8 Å². The molecule has 0 aromatic carbocycles. The molecule has 2 atom stereocenters. The van der Waals surface area contributed by atoms with Gasteiger partial charge in [-0.05, 0) is 25.2 Å². The molecule has 3 heteroatoms. The topological polar surface area (TPSA) is 35.5 Å². The van der Waals surface area contributed by atoms with E-state index < -0.39 is 5.79 Å². The van der Waals surface area contributed by atoms with Gasteiger partial charge in [-0.15, -0.1) is 0 Å². The van der Waals surface area contributed by atoms with Crippen LogP contribution in [0.25, 0.3) is 0 Å². The van der Waals surface area contributed by atoms with Crippen molar-refractivity contribution >= 4 is 5.78 Å². The van der Waals surface area contributed by atoms with Gasteiger partial charge in [0.15, 0.2) is 5.79 Å². The summed E-state index contributed by atoms with van der Waals surface area (Å²) in [6.07, 6.45) is 5.01. The lowest BCUT2D eigenvalue weighted by Crippen LogP contribution is -2.43. The number of carbonyl (C=O) groups is 1. The lowest BCUT2D eigenvalue weighted by atomic mass is 9.79. The quantitative estimate of drug-likeness (QED) is 0.589. The SMILES string of the molecule is O=C1CCC[C@H]2CCC3(OCCO3)[C@H]12. The van der Waals surface area contributed by atoms with E-state index in [1.165, 1.54) is 6.42 Å². The number of ether oxygens (including phenoxy) is 2. The van der Waals surface area contributed by atoms with Crippen LogP contribution in [0.15, 0.2) is 0 Å². The van der Waals surface area contributed by atoms with Crippen molar-refractivity contribution in [1.29, 1.82) is 0 Å². The monoisotopic (exact) mass is 196 g/mol. The predicted octanol–water partition coefficient (Wildman–Crippen LogP) is 1.51. The zero-order valence-corrected chi connectivity index (χ0v) is 8.33. The second-order valence-corrected chi connectivity index (χ2v) is 4.64. The van der Waals surface area contributed by atoms with E-state index in [0.717, 1.165) is 25.7 Å². The molecule has 0 bridgehead atoms. The summed E-state index contributed by atoms with van der Waals surface area (Å²) < 4.78 is 11.4. The van der Waals surface area contributed by atoms with Crippen LogP contribution < -0.4 is 0 Å². The maximum Gasteiger partial charge on any atom is 0.178 e. The highest BCUT2D eigenvalue weighted by atomic mass is 16.7. The van der Waals surface area contributed by atoms with E-state index in [1.54, 1.807) is 0 Å². The molecule has 0 amide bonds.